The number of carbonyl (C=O) groups excluding carboxylic acids is 2. The summed E-state index contributed by atoms with van der Waals surface area (Å²) >= 11 is 12.1. The molecule has 2 N–H and O–H groups in total. The van der Waals surface area contributed by atoms with Crippen molar-refractivity contribution in [1.29, 1.82) is 0 Å². The van der Waals surface area contributed by atoms with E-state index < -0.39 is 0 Å². The Hall–Kier alpha value is -2.42. The van der Waals surface area contributed by atoms with Crippen molar-refractivity contribution in [2.45, 2.75) is 45.1 Å². The number of benzene rings is 1. The fourth-order valence-corrected chi connectivity index (χ4v) is 5.53. The summed E-state index contributed by atoms with van der Waals surface area (Å²) in [7, 11) is 1.71. The zero-order valence-electron chi connectivity index (χ0n) is 20.9. The molecule has 2 amide bonds. The van der Waals surface area contributed by atoms with Gasteiger partial charge in [0, 0.05) is 44.8 Å². The number of hydrogen-bond donors (Lipinski definition) is 2. The Kier molecular flexibility index (Phi) is 9.04. The summed E-state index contributed by atoms with van der Waals surface area (Å²) in [4.78, 5) is 38.4. The van der Waals surface area contributed by atoms with Crippen LogP contribution in [0.2, 0.25) is 10.0 Å². The van der Waals surface area contributed by atoms with E-state index in [1.54, 1.807) is 13.1 Å². The van der Waals surface area contributed by atoms with Gasteiger partial charge in [0.25, 0.3) is 5.91 Å². The summed E-state index contributed by atoms with van der Waals surface area (Å²) in [6, 6.07) is 6.01. The van der Waals surface area contributed by atoms with E-state index in [4.69, 9.17) is 23.2 Å². The number of likely N-dealkylation sites (tertiary alicyclic amines) is 2. The Morgan fingerprint density at radius 3 is 2.58 bits per heavy atom. The van der Waals surface area contributed by atoms with Crippen molar-refractivity contribution >= 4 is 40.8 Å². The summed E-state index contributed by atoms with van der Waals surface area (Å²) in [6.07, 6.45) is 5.99. The highest BCUT2D eigenvalue weighted by Gasteiger charge is 2.33. The van der Waals surface area contributed by atoms with Gasteiger partial charge in [0.15, 0.2) is 0 Å². The Bertz CT molecular complexity index is 1090. The maximum absolute atomic E-state index is 13.3. The van der Waals surface area contributed by atoms with Gasteiger partial charge >= 0.3 is 0 Å². The second-order valence-electron chi connectivity index (χ2n) is 9.59. The molecule has 0 spiro atoms. The molecule has 8 nitrogen and oxygen atoms in total. The summed E-state index contributed by atoms with van der Waals surface area (Å²) < 4.78 is 0. The van der Waals surface area contributed by atoms with Crippen molar-refractivity contribution in [1.82, 2.24) is 25.1 Å². The van der Waals surface area contributed by atoms with Crippen LogP contribution in [0.15, 0.2) is 24.5 Å². The molecule has 36 heavy (non-hydrogen) atoms. The molecule has 3 heterocycles. The Balaban J connectivity index is 1.31. The van der Waals surface area contributed by atoms with Gasteiger partial charge in [0.2, 0.25) is 5.91 Å². The Labute approximate surface area is 222 Å². The van der Waals surface area contributed by atoms with E-state index >= 15 is 0 Å². The van der Waals surface area contributed by atoms with Crippen LogP contribution in [0.3, 0.4) is 0 Å². The quantitative estimate of drug-likeness (QED) is 0.563. The topological polar surface area (TPSA) is 90.5 Å². The van der Waals surface area contributed by atoms with Gasteiger partial charge in [-0.25, -0.2) is 9.97 Å². The van der Waals surface area contributed by atoms with Gasteiger partial charge in [-0.15, -0.1) is 0 Å². The molecule has 1 aromatic heterocycles. The first-order valence-corrected chi connectivity index (χ1v) is 13.4. The summed E-state index contributed by atoms with van der Waals surface area (Å²) in [5, 5.41) is 7.19. The molecule has 2 aromatic rings. The molecule has 1 aromatic carbocycles. The van der Waals surface area contributed by atoms with Crippen molar-refractivity contribution in [3.05, 3.63) is 51.4 Å². The molecule has 2 aliphatic heterocycles. The van der Waals surface area contributed by atoms with E-state index in [2.05, 4.69) is 25.5 Å². The highest BCUT2D eigenvalue weighted by molar-refractivity contribution is 6.42. The van der Waals surface area contributed by atoms with Crippen molar-refractivity contribution in [2.75, 3.05) is 45.1 Å². The van der Waals surface area contributed by atoms with E-state index in [1.807, 2.05) is 24.0 Å². The minimum Gasteiger partial charge on any atom is -0.369 e. The van der Waals surface area contributed by atoms with Crippen LogP contribution in [0, 0.1) is 12.8 Å². The normalized spacial score (nSPS) is 19.2. The number of rotatable bonds is 7. The van der Waals surface area contributed by atoms with Crippen LogP contribution < -0.4 is 10.6 Å². The first-order valence-electron chi connectivity index (χ1n) is 12.6. The van der Waals surface area contributed by atoms with Crippen LogP contribution >= 0.6 is 23.2 Å². The first-order chi connectivity index (χ1) is 17.4. The second-order valence-corrected chi connectivity index (χ2v) is 10.4. The van der Waals surface area contributed by atoms with E-state index in [0.29, 0.717) is 47.2 Å². The maximum Gasteiger partial charge on any atom is 0.272 e. The van der Waals surface area contributed by atoms with Gasteiger partial charge in [-0.2, -0.15) is 0 Å². The molecule has 0 unspecified atom stereocenters. The Morgan fingerprint density at radius 2 is 1.86 bits per heavy atom. The van der Waals surface area contributed by atoms with Crippen molar-refractivity contribution in [2.24, 2.45) is 5.92 Å². The van der Waals surface area contributed by atoms with Gasteiger partial charge < -0.3 is 15.5 Å². The van der Waals surface area contributed by atoms with E-state index in [1.165, 1.54) is 6.33 Å². The average Bonchev–Trinajstić information content (AvgIpc) is 2.91. The summed E-state index contributed by atoms with van der Waals surface area (Å²) in [6.45, 7) is 5.73. The van der Waals surface area contributed by atoms with Crippen LogP contribution in [0.1, 0.15) is 47.3 Å². The highest BCUT2D eigenvalue weighted by atomic mass is 35.5. The molecule has 0 aliphatic carbocycles. The van der Waals surface area contributed by atoms with Crippen LogP contribution in [0.4, 0.5) is 5.82 Å². The monoisotopic (exact) mass is 532 g/mol. The molecule has 0 saturated carbocycles. The molecular formula is C26H34Cl2N6O2. The van der Waals surface area contributed by atoms with Crippen molar-refractivity contribution in [3.8, 4) is 0 Å². The average molecular weight is 534 g/mol. The minimum atomic E-state index is -0.0530. The predicted octanol–water partition coefficient (Wildman–Crippen LogP) is 3.81. The summed E-state index contributed by atoms with van der Waals surface area (Å²) in [5.41, 5.74) is 2.26. The van der Waals surface area contributed by atoms with Crippen LogP contribution in [-0.2, 0) is 11.2 Å². The SMILES string of the molecule is CNC(=O)[C@H]1CCCN(C2CCN(C(=O)c3ncnc(NCCc4ccc(Cl)c(Cl)c4)c3C)CC2)C1. The molecule has 10 heteroatoms. The smallest absolute Gasteiger partial charge is 0.272 e. The lowest BCUT2D eigenvalue weighted by atomic mass is 9.93. The second kappa shape index (κ2) is 12.2. The van der Waals surface area contributed by atoms with E-state index in [-0.39, 0.29) is 17.7 Å². The number of aromatic nitrogens is 2. The third-order valence-electron chi connectivity index (χ3n) is 7.31. The third-order valence-corrected chi connectivity index (χ3v) is 8.05. The molecule has 1 atom stereocenters. The van der Waals surface area contributed by atoms with Gasteiger partial charge in [-0.05, 0) is 63.3 Å². The standard InChI is InChI=1S/C26H34Cl2N6O2/c1-17-23(31-16-32-24(17)30-10-7-18-5-6-21(27)22(28)14-18)26(36)33-12-8-20(9-13-33)34-11-3-4-19(15-34)25(35)29-2/h5-6,14,16,19-20H,3-4,7-13,15H2,1-2H3,(H,29,35)(H,30,31,32)/t19-/m0/s1. The lowest BCUT2D eigenvalue weighted by molar-refractivity contribution is -0.126. The lowest BCUT2D eigenvalue weighted by Crippen LogP contribution is -2.51. The number of anilines is 1. The minimum absolute atomic E-state index is 0.0530. The molecule has 0 bridgehead atoms. The fourth-order valence-electron chi connectivity index (χ4n) is 5.20. The number of halogens is 2. The molecule has 4 rings (SSSR count). The fraction of sp³-hybridized carbons (Fsp3) is 0.538. The molecule has 2 saturated heterocycles. The molecule has 2 fully saturated rings. The number of nitrogens with one attached hydrogen (secondary N) is 2. The predicted molar refractivity (Wildman–Crippen MR) is 143 cm³/mol. The van der Waals surface area contributed by atoms with Gasteiger partial charge in [0.1, 0.15) is 17.8 Å². The third kappa shape index (κ3) is 6.28. The molecule has 2 aliphatic rings. The Morgan fingerprint density at radius 1 is 1.08 bits per heavy atom. The summed E-state index contributed by atoms with van der Waals surface area (Å²) in [5.74, 6) is 0.808. The van der Waals surface area contributed by atoms with E-state index in [0.717, 1.165) is 56.3 Å². The van der Waals surface area contributed by atoms with Gasteiger partial charge in [-0.3, -0.25) is 14.5 Å². The van der Waals surface area contributed by atoms with Crippen molar-refractivity contribution < 1.29 is 9.59 Å². The number of piperidine rings is 2. The van der Waals surface area contributed by atoms with Crippen molar-refractivity contribution in [3.63, 3.8) is 0 Å². The molecule has 194 valence electrons. The van der Waals surface area contributed by atoms with Crippen LogP contribution in [0.25, 0.3) is 0 Å². The number of carbonyl (C=O) groups is 2. The highest BCUT2D eigenvalue weighted by Crippen LogP contribution is 2.26. The number of amides is 2. The maximum atomic E-state index is 13.3. The van der Waals surface area contributed by atoms with E-state index in [9.17, 15) is 9.59 Å². The molecule has 0 radical (unpaired) electrons. The van der Waals surface area contributed by atoms with Gasteiger partial charge in [0.05, 0.1) is 16.0 Å². The van der Waals surface area contributed by atoms with Crippen LogP contribution in [-0.4, -0.2) is 77.4 Å². The van der Waals surface area contributed by atoms with Gasteiger partial charge in [-0.1, -0.05) is 29.3 Å². The lowest BCUT2D eigenvalue weighted by Gasteiger charge is -2.42. The zero-order chi connectivity index (χ0) is 25.7. The first kappa shape index (κ1) is 26.6. The zero-order valence-corrected chi connectivity index (χ0v) is 22.4. The molecular weight excluding hydrogens is 499 g/mol. The van der Waals surface area contributed by atoms with Crippen LogP contribution in [0.5, 0.6) is 0 Å². The number of hydrogen-bond acceptors (Lipinski definition) is 6. The number of nitrogens with zero attached hydrogens (tertiary/aromatic N) is 4. The largest absolute Gasteiger partial charge is 0.369 e.